The van der Waals surface area contributed by atoms with Crippen molar-refractivity contribution in [2.75, 3.05) is 7.11 Å². The molecule has 1 rings (SSSR count). The van der Waals surface area contributed by atoms with Crippen molar-refractivity contribution in [2.24, 2.45) is 0 Å². The van der Waals surface area contributed by atoms with E-state index in [0.29, 0.717) is 5.56 Å². The molecule has 0 saturated carbocycles. The van der Waals surface area contributed by atoms with Crippen LogP contribution in [-0.4, -0.2) is 21.8 Å². The lowest BCUT2D eigenvalue weighted by molar-refractivity contribution is 0.0599. The highest BCUT2D eigenvalue weighted by molar-refractivity contribution is 7.78. The van der Waals surface area contributed by atoms with Gasteiger partial charge in [-0.3, -0.25) is 4.21 Å². The Kier molecular flexibility index (Phi) is 4.14. The Labute approximate surface area is 94.7 Å². The SMILES string of the molecule is COC(=O)c1cc(CS(=O)[O-])c(F)cc1C. The summed E-state index contributed by atoms with van der Waals surface area (Å²) in [5, 5.41) is 0. The predicted molar refractivity (Wildman–Crippen MR) is 55.1 cm³/mol. The van der Waals surface area contributed by atoms with Gasteiger partial charge in [-0.1, -0.05) is 11.1 Å². The predicted octanol–water partition coefficient (Wildman–Crippen LogP) is 1.30. The molecule has 0 amide bonds. The summed E-state index contributed by atoms with van der Waals surface area (Å²) in [5.41, 5.74) is 0.536. The Balaban J connectivity index is 3.21. The minimum Gasteiger partial charge on any atom is -0.772 e. The van der Waals surface area contributed by atoms with Crippen LogP contribution in [0.2, 0.25) is 0 Å². The van der Waals surface area contributed by atoms with E-state index < -0.39 is 28.6 Å². The zero-order chi connectivity index (χ0) is 12.3. The van der Waals surface area contributed by atoms with Gasteiger partial charge in [-0.05, 0) is 24.6 Å². The van der Waals surface area contributed by atoms with Gasteiger partial charge in [-0.2, -0.15) is 0 Å². The number of aryl methyl sites for hydroxylation is 1. The Morgan fingerprint density at radius 2 is 2.19 bits per heavy atom. The molecule has 0 aliphatic heterocycles. The molecule has 0 spiro atoms. The molecule has 0 bridgehead atoms. The molecule has 4 nitrogen and oxygen atoms in total. The van der Waals surface area contributed by atoms with Crippen LogP contribution >= 0.6 is 0 Å². The summed E-state index contributed by atoms with van der Waals surface area (Å²) in [5.74, 6) is -1.72. The number of carbonyl (C=O) groups excluding carboxylic acids is 1. The molecule has 0 radical (unpaired) electrons. The molecule has 1 unspecified atom stereocenters. The van der Waals surface area contributed by atoms with Crippen LogP contribution in [0, 0.1) is 12.7 Å². The fraction of sp³-hybridized carbons (Fsp3) is 0.300. The Morgan fingerprint density at radius 3 is 2.69 bits per heavy atom. The van der Waals surface area contributed by atoms with Crippen LogP contribution in [-0.2, 0) is 21.6 Å². The minimum absolute atomic E-state index is 0.0423. The number of esters is 1. The van der Waals surface area contributed by atoms with Crippen molar-refractivity contribution in [1.82, 2.24) is 0 Å². The number of benzene rings is 1. The summed E-state index contributed by atoms with van der Waals surface area (Å²) in [6.45, 7) is 1.55. The lowest BCUT2D eigenvalue weighted by Gasteiger charge is -2.10. The van der Waals surface area contributed by atoms with E-state index in [-0.39, 0.29) is 11.1 Å². The van der Waals surface area contributed by atoms with Crippen LogP contribution in [0.4, 0.5) is 4.39 Å². The van der Waals surface area contributed by atoms with Gasteiger partial charge < -0.3 is 9.29 Å². The average Bonchev–Trinajstić information content (AvgIpc) is 2.20. The fourth-order valence-corrected chi connectivity index (χ4v) is 1.76. The molecule has 16 heavy (non-hydrogen) atoms. The highest BCUT2D eigenvalue weighted by atomic mass is 32.2. The van der Waals surface area contributed by atoms with Gasteiger partial charge in [0, 0.05) is 11.3 Å². The highest BCUT2D eigenvalue weighted by Gasteiger charge is 2.13. The smallest absolute Gasteiger partial charge is 0.338 e. The number of methoxy groups -OCH3 is 1. The Bertz CT molecular complexity index is 445. The largest absolute Gasteiger partial charge is 0.772 e. The molecule has 0 aliphatic carbocycles. The third kappa shape index (κ3) is 2.86. The lowest BCUT2D eigenvalue weighted by Crippen LogP contribution is -2.07. The molecule has 0 aliphatic rings. The number of ether oxygens (including phenoxy) is 1. The topological polar surface area (TPSA) is 66.4 Å². The zero-order valence-electron chi connectivity index (χ0n) is 8.78. The van der Waals surface area contributed by atoms with Crippen LogP contribution in [0.1, 0.15) is 21.5 Å². The normalized spacial score (nSPS) is 12.2. The van der Waals surface area contributed by atoms with Crippen molar-refractivity contribution in [3.05, 3.63) is 34.6 Å². The van der Waals surface area contributed by atoms with E-state index in [2.05, 4.69) is 4.74 Å². The van der Waals surface area contributed by atoms with Crippen molar-refractivity contribution in [3.63, 3.8) is 0 Å². The summed E-state index contributed by atoms with van der Waals surface area (Å²) < 4.78 is 38.8. The second-order valence-electron chi connectivity index (χ2n) is 3.20. The molecular weight excluding hydrogens is 235 g/mol. The van der Waals surface area contributed by atoms with Crippen LogP contribution < -0.4 is 0 Å². The average molecular weight is 245 g/mol. The van der Waals surface area contributed by atoms with E-state index in [1.54, 1.807) is 6.92 Å². The third-order valence-corrected chi connectivity index (χ3v) is 2.62. The Morgan fingerprint density at radius 1 is 1.56 bits per heavy atom. The molecule has 0 N–H and O–H groups in total. The molecule has 88 valence electrons. The van der Waals surface area contributed by atoms with Gasteiger partial charge in [0.25, 0.3) is 0 Å². The summed E-state index contributed by atoms with van der Waals surface area (Å²) in [7, 11) is 1.20. The van der Waals surface area contributed by atoms with Crippen LogP contribution in [0.25, 0.3) is 0 Å². The summed E-state index contributed by atoms with van der Waals surface area (Å²) >= 11 is -2.40. The van der Waals surface area contributed by atoms with Crippen molar-refractivity contribution in [3.8, 4) is 0 Å². The quantitative estimate of drug-likeness (QED) is 0.594. The molecule has 6 heteroatoms. The summed E-state index contributed by atoms with van der Waals surface area (Å²) in [6.07, 6.45) is 0. The maximum absolute atomic E-state index is 13.3. The number of hydrogen-bond donors (Lipinski definition) is 0. The van der Waals surface area contributed by atoms with E-state index >= 15 is 0 Å². The van der Waals surface area contributed by atoms with Crippen molar-refractivity contribution in [1.29, 1.82) is 0 Å². The fourth-order valence-electron chi connectivity index (χ4n) is 1.28. The summed E-state index contributed by atoms with van der Waals surface area (Å²) in [6, 6.07) is 2.32. The van der Waals surface area contributed by atoms with E-state index in [1.165, 1.54) is 13.2 Å². The molecule has 1 atom stereocenters. The zero-order valence-corrected chi connectivity index (χ0v) is 9.60. The van der Waals surface area contributed by atoms with Crippen LogP contribution in [0.15, 0.2) is 12.1 Å². The molecule has 0 fully saturated rings. The van der Waals surface area contributed by atoms with Gasteiger partial charge in [0.1, 0.15) is 5.82 Å². The number of rotatable bonds is 3. The van der Waals surface area contributed by atoms with E-state index in [9.17, 15) is 17.9 Å². The van der Waals surface area contributed by atoms with Crippen molar-refractivity contribution >= 4 is 17.0 Å². The first-order valence-electron chi connectivity index (χ1n) is 4.39. The Hall–Kier alpha value is -1.27. The molecule has 0 saturated heterocycles. The van der Waals surface area contributed by atoms with E-state index in [1.807, 2.05) is 0 Å². The van der Waals surface area contributed by atoms with Gasteiger partial charge in [-0.25, -0.2) is 9.18 Å². The first-order chi connectivity index (χ1) is 7.45. The van der Waals surface area contributed by atoms with E-state index in [4.69, 9.17) is 0 Å². The van der Waals surface area contributed by atoms with Crippen LogP contribution in [0.3, 0.4) is 0 Å². The maximum atomic E-state index is 13.3. The maximum Gasteiger partial charge on any atom is 0.338 e. The lowest BCUT2D eigenvalue weighted by atomic mass is 10.1. The second-order valence-corrected chi connectivity index (χ2v) is 4.09. The highest BCUT2D eigenvalue weighted by Crippen LogP contribution is 2.17. The minimum atomic E-state index is -2.40. The third-order valence-electron chi connectivity index (χ3n) is 2.07. The van der Waals surface area contributed by atoms with Gasteiger partial charge in [0.2, 0.25) is 0 Å². The first kappa shape index (κ1) is 12.8. The molecule has 1 aromatic rings. The monoisotopic (exact) mass is 245 g/mol. The molecule has 0 heterocycles. The number of halogens is 1. The summed E-state index contributed by atoms with van der Waals surface area (Å²) in [4.78, 5) is 11.3. The van der Waals surface area contributed by atoms with Gasteiger partial charge in [0.15, 0.2) is 0 Å². The number of hydrogen-bond acceptors (Lipinski definition) is 4. The van der Waals surface area contributed by atoms with Crippen LogP contribution in [0.5, 0.6) is 0 Å². The van der Waals surface area contributed by atoms with Crippen molar-refractivity contribution in [2.45, 2.75) is 12.7 Å². The van der Waals surface area contributed by atoms with Crippen molar-refractivity contribution < 1.29 is 22.7 Å². The van der Waals surface area contributed by atoms with Gasteiger partial charge in [0.05, 0.1) is 12.7 Å². The first-order valence-corrected chi connectivity index (χ1v) is 5.63. The standard InChI is InChI=1S/C10H11FO4S/c1-6-3-9(11)7(5-16(13)14)4-8(6)10(12)15-2/h3-4H,5H2,1-2H3,(H,13,14)/p-1. The second kappa shape index (κ2) is 5.18. The van der Waals surface area contributed by atoms with E-state index in [0.717, 1.165) is 6.07 Å². The molecule has 1 aromatic carbocycles. The molecular formula is C10H10FO4S-. The van der Waals surface area contributed by atoms with Gasteiger partial charge >= 0.3 is 5.97 Å². The van der Waals surface area contributed by atoms with Gasteiger partial charge in [-0.15, -0.1) is 0 Å². The number of carbonyl (C=O) groups is 1. The molecule has 0 aromatic heterocycles.